The molecule has 168 valence electrons. The Bertz CT molecular complexity index is 898. The van der Waals surface area contributed by atoms with Gasteiger partial charge in [0.1, 0.15) is 0 Å². The molecule has 0 atom stereocenters. The number of hydrogen-bond acceptors (Lipinski definition) is 7. The van der Waals surface area contributed by atoms with Gasteiger partial charge in [-0.25, -0.2) is 9.97 Å². The van der Waals surface area contributed by atoms with E-state index in [0.29, 0.717) is 18.5 Å². The number of anilines is 1. The Morgan fingerprint density at radius 2 is 1.97 bits per heavy atom. The lowest BCUT2D eigenvalue weighted by molar-refractivity contribution is -0.121. The van der Waals surface area contributed by atoms with Gasteiger partial charge in [-0.1, -0.05) is 0 Å². The number of fused-ring (bicyclic) bond motifs is 1. The van der Waals surface area contributed by atoms with Gasteiger partial charge in [0, 0.05) is 41.1 Å². The molecular formula is C23H33N5OS2. The van der Waals surface area contributed by atoms with Crippen LogP contribution in [0.1, 0.15) is 65.4 Å². The average molecular weight is 460 g/mol. The highest BCUT2D eigenvalue weighted by Gasteiger charge is 2.27. The topological polar surface area (TPSA) is 70.2 Å². The summed E-state index contributed by atoms with van der Waals surface area (Å²) in [6, 6.07) is 1.03. The van der Waals surface area contributed by atoms with Crippen molar-refractivity contribution in [3.05, 3.63) is 26.7 Å². The number of carbonyl (C=O) groups is 1. The Labute approximate surface area is 192 Å². The number of thiazole rings is 2. The lowest BCUT2D eigenvalue weighted by atomic mass is 9.84. The van der Waals surface area contributed by atoms with Crippen LogP contribution in [0.15, 0.2) is 6.20 Å². The summed E-state index contributed by atoms with van der Waals surface area (Å²) in [4.78, 5) is 26.6. The van der Waals surface area contributed by atoms with Crippen LogP contribution < -0.4 is 10.6 Å². The van der Waals surface area contributed by atoms with Crippen LogP contribution in [0.4, 0.5) is 5.13 Å². The van der Waals surface area contributed by atoms with Crippen LogP contribution >= 0.6 is 22.7 Å². The van der Waals surface area contributed by atoms with Crippen LogP contribution in [0.3, 0.4) is 0 Å². The van der Waals surface area contributed by atoms with Crippen molar-refractivity contribution in [2.75, 3.05) is 18.4 Å². The maximum Gasteiger partial charge on any atom is 0.225 e. The molecule has 0 unspecified atom stereocenters. The van der Waals surface area contributed by atoms with E-state index in [1.807, 2.05) is 24.5 Å². The molecule has 2 saturated carbocycles. The summed E-state index contributed by atoms with van der Waals surface area (Å²) in [6.07, 6.45) is 12.0. The molecule has 2 N–H and O–H groups in total. The summed E-state index contributed by atoms with van der Waals surface area (Å²) in [5.41, 5.74) is 1.31. The number of aromatic nitrogens is 2. The number of aryl methyl sites for hydroxylation is 1. The van der Waals surface area contributed by atoms with Gasteiger partial charge in [0.15, 0.2) is 5.13 Å². The smallest absolute Gasteiger partial charge is 0.225 e. The highest BCUT2D eigenvalue weighted by molar-refractivity contribution is 7.15. The van der Waals surface area contributed by atoms with Gasteiger partial charge in [-0.15, -0.1) is 22.7 Å². The molecule has 0 bridgehead atoms. The van der Waals surface area contributed by atoms with E-state index in [4.69, 9.17) is 4.98 Å². The second-order valence-corrected chi connectivity index (χ2v) is 11.8. The number of carbonyl (C=O) groups excluding carboxylic acids is 1. The van der Waals surface area contributed by atoms with Crippen molar-refractivity contribution in [2.24, 2.45) is 5.92 Å². The first-order valence-electron chi connectivity index (χ1n) is 11.8. The van der Waals surface area contributed by atoms with E-state index < -0.39 is 0 Å². The van der Waals surface area contributed by atoms with Gasteiger partial charge < -0.3 is 10.6 Å². The molecular weight excluding hydrogens is 426 g/mol. The third-order valence-corrected chi connectivity index (χ3v) is 8.78. The van der Waals surface area contributed by atoms with Gasteiger partial charge in [0.2, 0.25) is 5.91 Å². The molecule has 0 aromatic carbocycles. The Morgan fingerprint density at radius 3 is 2.71 bits per heavy atom. The van der Waals surface area contributed by atoms with Gasteiger partial charge in [-0.2, -0.15) is 0 Å². The molecule has 2 fully saturated rings. The first-order chi connectivity index (χ1) is 15.1. The summed E-state index contributed by atoms with van der Waals surface area (Å²) in [5.74, 6) is 0.941. The summed E-state index contributed by atoms with van der Waals surface area (Å²) in [7, 11) is 0. The molecule has 0 spiro atoms. The molecule has 5 rings (SSSR count). The molecule has 2 aromatic heterocycles. The second kappa shape index (κ2) is 9.55. The molecule has 0 saturated heterocycles. The van der Waals surface area contributed by atoms with Gasteiger partial charge in [0.25, 0.3) is 0 Å². The van der Waals surface area contributed by atoms with Crippen LogP contribution in [0, 0.1) is 12.8 Å². The minimum atomic E-state index is 0.148. The summed E-state index contributed by atoms with van der Waals surface area (Å²) in [5, 5.41) is 8.98. The molecule has 3 aliphatic rings. The molecule has 1 aliphatic heterocycles. The van der Waals surface area contributed by atoms with Gasteiger partial charge >= 0.3 is 0 Å². The summed E-state index contributed by atoms with van der Waals surface area (Å²) < 4.78 is 0. The van der Waals surface area contributed by atoms with Gasteiger partial charge in [-0.3, -0.25) is 9.69 Å². The molecule has 8 heteroatoms. The minimum absolute atomic E-state index is 0.148. The first kappa shape index (κ1) is 21.3. The number of nitrogens with zero attached hydrogens (tertiary/aromatic N) is 3. The van der Waals surface area contributed by atoms with Crippen molar-refractivity contribution in [1.82, 2.24) is 20.2 Å². The standard InChI is InChI=1S/C23H33N5OS2/c1-15-24-13-19(30-15)12-22(29)25-17-4-2-16(3-5-17)8-10-28-11-9-21-20(14-28)27-23(31-21)26-18-6-7-18/h13,16-18H,2-12,14H2,1H3,(H,25,29)(H,26,27). The zero-order valence-corrected chi connectivity index (χ0v) is 20.0. The van der Waals surface area contributed by atoms with E-state index in [9.17, 15) is 4.79 Å². The van der Waals surface area contributed by atoms with E-state index in [0.717, 1.165) is 46.7 Å². The van der Waals surface area contributed by atoms with E-state index >= 15 is 0 Å². The first-order valence-corrected chi connectivity index (χ1v) is 13.4. The average Bonchev–Trinajstić information content (AvgIpc) is 3.33. The van der Waals surface area contributed by atoms with Crippen LogP contribution in [0.25, 0.3) is 0 Å². The Balaban J connectivity index is 1.01. The fourth-order valence-electron chi connectivity index (χ4n) is 4.79. The molecule has 2 aliphatic carbocycles. The van der Waals surface area contributed by atoms with Gasteiger partial charge in [0.05, 0.1) is 17.1 Å². The summed E-state index contributed by atoms with van der Waals surface area (Å²) >= 11 is 3.49. The second-order valence-electron chi connectivity index (χ2n) is 9.43. The molecule has 1 amide bonds. The molecule has 3 heterocycles. The lowest BCUT2D eigenvalue weighted by Gasteiger charge is -2.32. The van der Waals surface area contributed by atoms with Crippen molar-refractivity contribution < 1.29 is 4.79 Å². The largest absolute Gasteiger partial charge is 0.359 e. The quantitative estimate of drug-likeness (QED) is 0.621. The maximum absolute atomic E-state index is 12.3. The van der Waals surface area contributed by atoms with Crippen molar-refractivity contribution in [3.63, 3.8) is 0 Å². The lowest BCUT2D eigenvalue weighted by Crippen LogP contribution is -2.39. The third kappa shape index (κ3) is 5.84. The highest BCUT2D eigenvalue weighted by Crippen LogP contribution is 2.33. The molecule has 6 nitrogen and oxygen atoms in total. The van der Waals surface area contributed by atoms with Crippen LogP contribution in [0.5, 0.6) is 0 Å². The van der Waals surface area contributed by atoms with E-state index in [2.05, 4.69) is 20.5 Å². The predicted molar refractivity (Wildman–Crippen MR) is 127 cm³/mol. The highest BCUT2D eigenvalue weighted by atomic mass is 32.1. The summed E-state index contributed by atoms with van der Waals surface area (Å²) in [6.45, 7) is 5.34. The van der Waals surface area contributed by atoms with E-state index in [1.54, 1.807) is 11.3 Å². The maximum atomic E-state index is 12.3. The zero-order valence-electron chi connectivity index (χ0n) is 18.4. The number of nitrogens with one attached hydrogen (secondary N) is 2. The zero-order chi connectivity index (χ0) is 21.2. The van der Waals surface area contributed by atoms with Crippen molar-refractivity contribution in [3.8, 4) is 0 Å². The van der Waals surface area contributed by atoms with Crippen LogP contribution in [0.2, 0.25) is 0 Å². The number of rotatable bonds is 8. The normalized spacial score (nSPS) is 24.0. The minimum Gasteiger partial charge on any atom is -0.359 e. The fraction of sp³-hybridized carbons (Fsp3) is 0.696. The molecule has 2 aromatic rings. The predicted octanol–water partition coefficient (Wildman–Crippen LogP) is 4.15. The third-order valence-electron chi connectivity index (χ3n) is 6.78. The molecule has 31 heavy (non-hydrogen) atoms. The molecule has 0 radical (unpaired) electrons. The van der Waals surface area contributed by atoms with Crippen molar-refractivity contribution in [2.45, 2.75) is 83.3 Å². The number of amides is 1. The van der Waals surface area contributed by atoms with Crippen LogP contribution in [-0.4, -0.2) is 45.9 Å². The van der Waals surface area contributed by atoms with E-state index in [1.165, 1.54) is 55.8 Å². The fourth-order valence-corrected chi connectivity index (χ4v) is 6.62. The van der Waals surface area contributed by atoms with Gasteiger partial charge in [-0.05, 0) is 70.8 Å². The number of hydrogen-bond donors (Lipinski definition) is 2. The van der Waals surface area contributed by atoms with Crippen molar-refractivity contribution >= 4 is 33.7 Å². The Kier molecular flexibility index (Phi) is 6.57. The van der Waals surface area contributed by atoms with Crippen LogP contribution in [-0.2, 0) is 24.2 Å². The Morgan fingerprint density at radius 1 is 1.16 bits per heavy atom. The monoisotopic (exact) mass is 459 g/mol. The van der Waals surface area contributed by atoms with E-state index in [-0.39, 0.29) is 5.91 Å². The Hall–Kier alpha value is -1.51. The van der Waals surface area contributed by atoms with Crippen molar-refractivity contribution in [1.29, 1.82) is 0 Å². The SMILES string of the molecule is Cc1ncc(CC(=O)NC2CCC(CCN3CCc4sc(NC5CC5)nc4C3)CC2)s1.